The molecule has 0 unspecified atom stereocenters. The second kappa shape index (κ2) is 3.95. The highest BCUT2D eigenvalue weighted by molar-refractivity contribution is 7.95. The third-order valence-corrected chi connectivity index (χ3v) is 2.49. The summed E-state index contributed by atoms with van der Waals surface area (Å²) in [4.78, 5) is 4.00. The van der Waals surface area contributed by atoms with Gasteiger partial charge < -0.3 is 0 Å². The molecular weight excluding hydrogens is 222 g/mol. The highest BCUT2D eigenvalue weighted by Gasteiger charge is 1.95. The van der Waals surface area contributed by atoms with Gasteiger partial charge in [0.1, 0.15) is 0 Å². The van der Waals surface area contributed by atoms with E-state index in [2.05, 4.69) is 16.2 Å². The van der Waals surface area contributed by atoms with Crippen LogP contribution < -0.4 is 0 Å². The number of pyridine rings is 1. The minimum Gasteiger partial charge on any atom is -0.264 e. The molecule has 0 radical (unpaired) electrons. The van der Waals surface area contributed by atoms with Gasteiger partial charge in [-0.25, -0.2) is 8.42 Å². The summed E-state index contributed by atoms with van der Waals surface area (Å²) in [6.45, 7) is 0. The van der Waals surface area contributed by atoms with Crippen LogP contribution in [0.15, 0.2) is 36.7 Å². The van der Waals surface area contributed by atoms with Gasteiger partial charge in [0.05, 0.1) is 6.26 Å². The van der Waals surface area contributed by atoms with Crippen molar-refractivity contribution in [2.75, 3.05) is 6.26 Å². The first-order valence-electron chi connectivity index (χ1n) is 4.61. The van der Waals surface area contributed by atoms with E-state index in [0.29, 0.717) is 5.56 Å². The van der Waals surface area contributed by atoms with E-state index in [1.165, 1.54) is 0 Å². The molecule has 2 rings (SSSR count). The lowest BCUT2D eigenvalue weighted by atomic mass is 10.1. The Kier molecular flexibility index (Phi) is 2.63. The van der Waals surface area contributed by atoms with Gasteiger partial charge in [0, 0.05) is 28.6 Å². The van der Waals surface area contributed by atoms with Gasteiger partial charge in [0.25, 0.3) is 0 Å². The summed E-state index contributed by atoms with van der Waals surface area (Å²) in [5, 5.41) is 4.21. The topological polar surface area (TPSA) is 47.0 Å². The lowest BCUT2D eigenvalue weighted by molar-refractivity contribution is 0.611. The number of aromatic nitrogens is 1. The molecule has 0 N–H and O–H groups in total. The van der Waals surface area contributed by atoms with E-state index in [4.69, 9.17) is 0 Å². The third kappa shape index (κ3) is 2.59. The van der Waals surface area contributed by atoms with E-state index in [9.17, 15) is 8.42 Å². The summed E-state index contributed by atoms with van der Waals surface area (Å²) in [5.74, 6) is 2.61. The Labute approximate surface area is 94.1 Å². The average molecular weight is 231 g/mol. The first-order valence-corrected chi connectivity index (χ1v) is 6.50. The molecule has 4 heteroatoms. The zero-order chi connectivity index (χ0) is 11.6. The predicted molar refractivity (Wildman–Crippen MR) is 63.5 cm³/mol. The van der Waals surface area contributed by atoms with Crippen LogP contribution in [0.3, 0.4) is 0 Å². The van der Waals surface area contributed by atoms with E-state index >= 15 is 0 Å². The van der Waals surface area contributed by atoms with Crippen molar-refractivity contribution in [3.63, 3.8) is 0 Å². The number of hydrogen-bond donors (Lipinski definition) is 0. The molecule has 16 heavy (non-hydrogen) atoms. The van der Waals surface area contributed by atoms with Crippen molar-refractivity contribution < 1.29 is 8.42 Å². The quantitative estimate of drug-likeness (QED) is 0.647. The van der Waals surface area contributed by atoms with Crippen LogP contribution in [-0.4, -0.2) is 19.7 Å². The molecule has 0 amide bonds. The van der Waals surface area contributed by atoms with Crippen molar-refractivity contribution in [3.05, 3.63) is 42.2 Å². The summed E-state index contributed by atoms with van der Waals surface area (Å²) in [7, 11) is -3.25. The molecule has 0 spiro atoms. The fraction of sp³-hybridized carbons (Fsp3) is 0.0833. The molecule has 1 heterocycles. The van der Waals surface area contributed by atoms with Crippen LogP contribution in [0.2, 0.25) is 0 Å². The highest BCUT2D eigenvalue weighted by atomic mass is 32.2. The second-order valence-corrected chi connectivity index (χ2v) is 5.19. The molecular formula is C12H9NO2S. The smallest absolute Gasteiger partial charge is 0.214 e. The lowest BCUT2D eigenvalue weighted by Gasteiger charge is -1.96. The Bertz CT molecular complexity index is 694. The first-order chi connectivity index (χ1) is 7.54. The minimum atomic E-state index is -3.25. The van der Waals surface area contributed by atoms with E-state index < -0.39 is 9.84 Å². The van der Waals surface area contributed by atoms with Crippen LogP contribution in [0.1, 0.15) is 5.56 Å². The van der Waals surface area contributed by atoms with Crippen LogP contribution in [0, 0.1) is 11.2 Å². The Morgan fingerprint density at radius 2 is 2.00 bits per heavy atom. The van der Waals surface area contributed by atoms with Crippen molar-refractivity contribution in [3.8, 4) is 11.2 Å². The number of sulfone groups is 1. The molecule has 3 nitrogen and oxygen atoms in total. The van der Waals surface area contributed by atoms with Crippen molar-refractivity contribution >= 4 is 20.6 Å². The highest BCUT2D eigenvalue weighted by Crippen LogP contribution is 2.13. The number of fused-ring (bicyclic) bond motifs is 1. The van der Waals surface area contributed by atoms with Gasteiger partial charge in [-0.1, -0.05) is 12.0 Å². The lowest BCUT2D eigenvalue weighted by Crippen LogP contribution is -1.89. The molecule has 0 saturated carbocycles. The third-order valence-electron chi connectivity index (χ3n) is 2.02. The number of hydrogen-bond acceptors (Lipinski definition) is 3. The monoisotopic (exact) mass is 231 g/mol. The average Bonchev–Trinajstić information content (AvgIpc) is 2.25. The van der Waals surface area contributed by atoms with E-state index in [1.54, 1.807) is 18.5 Å². The maximum Gasteiger partial charge on any atom is 0.214 e. The minimum absolute atomic E-state index is 0.672. The number of rotatable bonds is 0. The normalized spacial score (nSPS) is 10.8. The molecule has 0 aliphatic heterocycles. The largest absolute Gasteiger partial charge is 0.264 e. The van der Waals surface area contributed by atoms with Crippen molar-refractivity contribution in [2.45, 2.75) is 0 Å². The summed E-state index contributed by atoms with van der Waals surface area (Å²) in [5.41, 5.74) is 0.672. The molecule has 2 aromatic rings. The number of nitrogens with zero attached hydrogens (tertiary/aromatic N) is 1. The molecule has 1 aromatic heterocycles. The molecule has 0 aliphatic rings. The molecule has 0 aliphatic carbocycles. The van der Waals surface area contributed by atoms with Gasteiger partial charge >= 0.3 is 0 Å². The Balaban J connectivity index is 2.51. The summed E-state index contributed by atoms with van der Waals surface area (Å²) in [6, 6.07) is 7.40. The van der Waals surface area contributed by atoms with Crippen LogP contribution in [-0.2, 0) is 9.84 Å². The Morgan fingerprint density at radius 3 is 2.75 bits per heavy atom. The summed E-state index contributed by atoms with van der Waals surface area (Å²) in [6.07, 6.45) is 4.52. The van der Waals surface area contributed by atoms with Gasteiger partial charge in [0.15, 0.2) is 0 Å². The maximum atomic E-state index is 10.9. The molecule has 0 fully saturated rings. The van der Waals surface area contributed by atoms with Gasteiger partial charge in [-0.05, 0) is 23.6 Å². The van der Waals surface area contributed by atoms with Crippen LogP contribution in [0.5, 0.6) is 0 Å². The Morgan fingerprint density at radius 1 is 1.19 bits per heavy atom. The van der Waals surface area contributed by atoms with Gasteiger partial charge in [-0.3, -0.25) is 4.98 Å². The summed E-state index contributed by atoms with van der Waals surface area (Å²) >= 11 is 0. The Hall–Kier alpha value is -1.86. The number of benzene rings is 1. The van der Waals surface area contributed by atoms with Gasteiger partial charge in [-0.2, -0.15) is 0 Å². The van der Waals surface area contributed by atoms with Crippen LogP contribution >= 0.6 is 0 Å². The molecule has 1 aromatic carbocycles. The fourth-order valence-electron chi connectivity index (χ4n) is 1.31. The summed E-state index contributed by atoms with van der Waals surface area (Å²) < 4.78 is 21.8. The SMILES string of the molecule is CS(=O)(=O)C#Cc1ccc2ccncc2c1. The van der Waals surface area contributed by atoms with E-state index in [0.717, 1.165) is 17.0 Å². The maximum absolute atomic E-state index is 10.9. The van der Waals surface area contributed by atoms with E-state index in [-0.39, 0.29) is 0 Å². The molecule has 80 valence electrons. The second-order valence-electron chi connectivity index (χ2n) is 3.44. The molecule has 0 bridgehead atoms. The van der Waals surface area contributed by atoms with E-state index in [1.807, 2.05) is 18.2 Å². The first kappa shape index (κ1) is 10.7. The zero-order valence-corrected chi connectivity index (χ0v) is 9.45. The van der Waals surface area contributed by atoms with Crippen molar-refractivity contribution in [2.24, 2.45) is 0 Å². The fourth-order valence-corrected chi connectivity index (χ4v) is 1.62. The van der Waals surface area contributed by atoms with Crippen molar-refractivity contribution in [1.29, 1.82) is 0 Å². The van der Waals surface area contributed by atoms with Crippen LogP contribution in [0.4, 0.5) is 0 Å². The molecule has 0 atom stereocenters. The zero-order valence-electron chi connectivity index (χ0n) is 8.64. The van der Waals surface area contributed by atoms with Crippen LogP contribution in [0.25, 0.3) is 10.8 Å². The standard InChI is InChI=1S/C12H9NO2S/c1-16(14,15)7-5-10-2-3-11-4-6-13-9-12(11)8-10/h2-4,6,8-9H,1H3. The van der Waals surface area contributed by atoms with Gasteiger partial charge in [-0.15, -0.1) is 0 Å². The van der Waals surface area contributed by atoms with Gasteiger partial charge in [0.2, 0.25) is 9.84 Å². The van der Waals surface area contributed by atoms with Crippen molar-refractivity contribution in [1.82, 2.24) is 4.98 Å². The molecule has 0 saturated heterocycles. The predicted octanol–water partition coefficient (Wildman–Crippen LogP) is 1.59.